The number of guanidine groups is 1. The SMILES string of the molecule is CN=C(NCCC(F)(F)F)NCC(c1cccc(Cl)c1)N1CCOCC1. The number of rotatable bonds is 6. The average Bonchev–Trinajstić information content (AvgIpc) is 2.60. The van der Waals surface area contributed by atoms with Crippen molar-refractivity contribution < 1.29 is 17.9 Å². The van der Waals surface area contributed by atoms with E-state index in [0.29, 0.717) is 30.7 Å². The molecular formula is C17H24ClF3N4O. The van der Waals surface area contributed by atoms with E-state index in [4.69, 9.17) is 16.3 Å². The van der Waals surface area contributed by atoms with Crippen LogP contribution in [0.2, 0.25) is 5.02 Å². The monoisotopic (exact) mass is 392 g/mol. The molecule has 1 atom stereocenters. The number of halogens is 4. The molecule has 1 aromatic carbocycles. The predicted molar refractivity (Wildman–Crippen MR) is 96.6 cm³/mol. The number of ether oxygens (including phenoxy) is 1. The Morgan fingerprint density at radius 3 is 2.65 bits per heavy atom. The molecule has 1 aromatic rings. The van der Waals surface area contributed by atoms with Gasteiger partial charge in [-0.3, -0.25) is 9.89 Å². The molecule has 146 valence electrons. The first kappa shape index (κ1) is 20.8. The van der Waals surface area contributed by atoms with Crippen LogP contribution in [0.3, 0.4) is 0 Å². The van der Waals surface area contributed by atoms with E-state index in [1.54, 1.807) is 0 Å². The van der Waals surface area contributed by atoms with E-state index in [1.807, 2.05) is 24.3 Å². The summed E-state index contributed by atoms with van der Waals surface area (Å²) >= 11 is 6.12. The van der Waals surface area contributed by atoms with E-state index in [2.05, 4.69) is 20.5 Å². The molecule has 1 saturated heterocycles. The van der Waals surface area contributed by atoms with Crippen LogP contribution in [0.4, 0.5) is 13.2 Å². The maximum Gasteiger partial charge on any atom is 0.390 e. The fourth-order valence-corrected chi connectivity index (χ4v) is 3.00. The molecule has 1 aliphatic heterocycles. The molecular weight excluding hydrogens is 369 g/mol. The van der Waals surface area contributed by atoms with Crippen LogP contribution in [0.15, 0.2) is 29.3 Å². The first-order valence-corrected chi connectivity index (χ1v) is 8.85. The lowest BCUT2D eigenvalue weighted by molar-refractivity contribution is -0.132. The molecule has 0 bridgehead atoms. The fraction of sp³-hybridized carbons (Fsp3) is 0.588. The van der Waals surface area contributed by atoms with Gasteiger partial charge in [-0.25, -0.2) is 0 Å². The number of morpholine rings is 1. The highest BCUT2D eigenvalue weighted by atomic mass is 35.5. The molecule has 0 aromatic heterocycles. The minimum atomic E-state index is -4.19. The van der Waals surface area contributed by atoms with Crippen molar-refractivity contribution in [3.63, 3.8) is 0 Å². The van der Waals surface area contributed by atoms with E-state index in [1.165, 1.54) is 7.05 Å². The summed E-state index contributed by atoms with van der Waals surface area (Å²) in [7, 11) is 1.53. The lowest BCUT2D eigenvalue weighted by Gasteiger charge is -2.35. The Bertz CT molecular complexity index is 592. The molecule has 26 heavy (non-hydrogen) atoms. The molecule has 0 spiro atoms. The van der Waals surface area contributed by atoms with E-state index in [9.17, 15) is 13.2 Å². The largest absolute Gasteiger partial charge is 0.390 e. The van der Waals surface area contributed by atoms with Gasteiger partial charge >= 0.3 is 6.18 Å². The lowest BCUT2D eigenvalue weighted by Crippen LogP contribution is -2.46. The van der Waals surface area contributed by atoms with Gasteiger partial charge in [0.15, 0.2) is 5.96 Å². The molecule has 1 aliphatic rings. The molecule has 1 fully saturated rings. The summed E-state index contributed by atoms with van der Waals surface area (Å²) in [5.41, 5.74) is 1.04. The Kier molecular flexibility index (Phi) is 7.99. The molecule has 2 rings (SSSR count). The van der Waals surface area contributed by atoms with Gasteiger partial charge in [0.2, 0.25) is 0 Å². The van der Waals surface area contributed by atoms with Crippen molar-refractivity contribution in [3.05, 3.63) is 34.9 Å². The zero-order valence-electron chi connectivity index (χ0n) is 14.7. The van der Waals surface area contributed by atoms with Crippen molar-refractivity contribution in [1.82, 2.24) is 15.5 Å². The molecule has 0 amide bonds. The van der Waals surface area contributed by atoms with Crippen LogP contribution in [-0.4, -0.2) is 63.5 Å². The number of aliphatic imine (C=N–C) groups is 1. The Hall–Kier alpha value is -1.51. The molecule has 0 aliphatic carbocycles. The van der Waals surface area contributed by atoms with Crippen LogP contribution in [0.1, 0.15) is 18.0 Å². The molecule has 5 nitrogen and oxygen atoms in total. The fourth-order valence-electron chi connectivity index (χ4n) is 2.80. The van der Waals surface area contributed by atoms with Crippen molar-refractivity contribution in [2.45, 2.75) is 18.6 Å². The van der Waals surface area contributed by atoms with Crippen LogP contribution in [-0.2, 0) is 4.74 Å². The van der Waals surface area contributed by atoms with Crippen molar-refractivity contribution in [2.24, 2.45) is 4.99 Å². The van der Waals surface area contributed by atoms with Gasteiger partial charge in [0.1, 0.15) is 0 Å². The third kappa shape index (κ3) is 7.01. The van der Waals surface area contributed by atoms with E-state index < -0.39 is 12.6 Å². The second-order valence-corrected chi connectivity index (χ2v) is 6.40. The van der Waals surface area contributed by atoms with Gasteiger partial charge in [0.05, 0.1) is 25.7 Å². The zero-order valence-corrected chi connectivity index (χ0v) is 15.4. The molecule has 2 N–H and O–H groups in total. The van der Waals surface area contributed by atoms with Crippen molar-refractivity contribution in [3.8, 4) is 0 Å². The van der Waals surface area contributed by atoms with E-state index in [-0.39, 0.29) is 12.6 Å². The summed E-state index contributed by atoms with van der Waals surface area (Å²) < 4.78 is 42.3. The minimum Gasteiger partial charge on any atom is -0.379 e. The predicted octanol–water partition coefficient (Wildman–Crippen LogP) is 2.83. The van der Waals surface area contributed by atoms with E-state index in [0.717, 1.165) is 18.7 Å². The Balaban J connectivity index is 1.99. The first-order valence-electron chi connectivity index (χ1n) is 8.47. The number of nitrogens with zero attached hydrogens (tertiary/aromatic N) is 2. The lowest BCUT2D eigenvalue weighted by atomic mass is 10.0. The number of alkyl halides is 3. The highest BCUT2D eigenvalue weighted by Crippen LogP contribution is 2.24. The quantitative estimate of drug-likeness (QED) is 0.577. The number of nitrogens with one attached hydrogen (secondary N) is 2. The topological polar surface area (TPSA) is 48.9 Å². The van der Waals surface area contributed by atoms with Crippen molar-refractivity contribution >= 4 is 17.6 Å². The van der Waals surface area contributed by atoms with Crippen LogP contribution in [0, 0.1) is 0 Å². The van der Waals surface area contributed by atoms with Crippen LogP contribution < -0.4 is 10.6 Å². The normalized spacial score (nSPS) is 17.8. The Morgan fingerprint density at radius 1 is 1.31 bits per heavy atom. The maximum atomic E-state index is 12.3. The Morgan fingerprint density at radius 2 is 2.04 bits per heavy atom. The number of benzene rings is 1. The van der Waals surface area contributed by atoms with Gasteiger partial charge < -0.3 is 15.4 Å². The Labute approximate surface area is 156 Å². The summed E-state index contributed by atoms with van der Waals surface area (Å²) in [6.45, 7) is 3.12. The summed E-state index contributed by atoms with van der Waals surface area (Å²) in [5.74, 6) is 0.342. The second kappa shape index (κ2) is 9.99. The average molecular weight is 393 g/mol. The zero-order chi connectivity index (χ0) is 19.0. The molecule has 0 saturated carbocycles. The van der Waals surface area contributed by atoms with Gasteiger partial charge in [0, 0.05) is 38.2 Å². The van der Waals surface area contributed by atoms with Crippen molar-refractivity contribution in [1.29, 1.82) is 0 Å². The standard InChI is InChI=1S/C17H24ClF3N4O/c1-22-16(23-6-5-17(19,20)21)24-12-15(25-7-9-26-10-8-25)13-3-2-4-14(18)11-13/h2-4,11,15H,5-10,12H2,1H3,(H2,22,23,24). The highest BCUT2D eigenvalue weighted by Gasteiger charge is 2.27. The van der Waals surface area contributed by atoms with E-state index >= 15 is 0 Å². The van der Waals surface area contributed by atoms with Crippen LogP contribution in [0.5, 0.6) is 0 Å². The molecule has 0 radical (unpaired) electrons. The van der Waals surface area contributed by atoms with Gasteiger partial charge in [-0.05, 0) is 17.7 Å². The number of hydrogen-bond donors (Lipinski definition) is 2. The third-order valence-electron chi connectivity index (χ3n) is 4.11. The van der Waals surface area contributed by atoms with Gasteiger partial charge in [0.25, 0.3) is 0 Å². The maximum absolute atomic E-state index is 12.3. The molecule has 9 heteroatoms. The van der Waals surface area contributed by atoms with Crippen molar-refractivity contribution in [2.75, 3.05) is 46.4 Å². The van der Waals surface area contributed by atoms with Gasteiger partial charge in [-0.15, -0.1) is 0 Å². The molecule has 1 heterocycles. The third-order valence-corrected chi connectivity index (χ3v) is 4.34. The summed E-state index contributed by atoms with van der Waals surface area (Å²) in [6.07, 6.45) is -5.10. The van der Waals surface area contributed by atoms with Gasteiger partial charge in [-0.1, -0.05) is 23.7 Å². The van der Waals surface area contributed by atoms with Gasteiger partial charge in [-0.2, -0.15) is 13.2 Å². The summed E-state index contributed by atoms with van der Waals surface area (Å²) in [5, 5.41) is 6.46. The molecule has 1 unspecified atom stereocenters. The summed E-state index contributed by atoms with van der Waals surface area (Å²) in [6, 6.07) is 7.61. The second-order valence-electron chi connectivity index (χ2n) is 5.96. The minimum absolute atomic E-state index is 0.0127. The van der Waals surface area contributed by atoms with Crippen LogP contribution >= 0.6 is 11.6 Å². The number of hydrogen-bond acceptors (Lipinski definition) is 3. The first-order chi connectivity index (χ1) is 12.4. The summed E-state index contributed by atoms with van der Waals surface area (Å²) in [4.78, 5) is 6.26. The highest BCUT2D eigenvalue weighted by molar-refractivity contribution is 6.30. The van der Waals surface area contributed by atoms with Crippen LogP contribution in [0.25, 0.3) is 0 Å². The smallest absolute Gasteiger partial charge is 0.379 e.